The van der Waals surface area contributed by atoms with Crippen LogP contribution >= 0.6 is 11.8 Å². The third kappa shape index (κ3) is 5.00. The van der Waals surface area contributed by atoms with E-state index < -0.39 is 5.41 Å². The van der Waals surface area contributed by atoms with Gasteiger partial charge in [-0.15, -0.1) is 0 Å². The van der Waals surface area contributed by atoms with Crippen LogP contribution in [0.3, 0.4) is 0 Å². The normalized spacial score (nSPS) is 13.2. The van der Waals surface area contributed by atoms with Crippen molar-refractivity contribution in [3.8, 4) is 27.9 Å². The maximum atomic E-state index is 2.50. The van der Waals surface area contributed by atoms with E-state index in [1.807, 2.05) is 11.8 Å². The molecule has 2 aliphatic rings. The van der Waals surface area contributed by atoms with Crippen LogP contribution in [0.2, 0.25) is 0 Å². The van der Waals surface area contributed by atoms with Crippen LogP contribution < -0.4 is 4.90 Å². The third-order valence-corrected chi connectivity index (χ3v) is 14.4. The largest absolute Gasteiger partial charge is 0.310 e. The maximum absolute atomic E-state index is 2.50. The molecule has 0 saturated carbocycles. The number of hydrogen-bond donors (Lipinski definition) is 0. The number of para-hydroxylation sites is 3. The molecule has 2 nitrogen and oxygen atoms in total. The molecular weight excluding hydrogens is 769 g/mol. The van der Waals surface area contributed by atoms with Crippen LogP contribution in [0.15, 0.2) is 240 Å². The summed E-state index contributed by atoms with van der Waals surface area (Å²) in [5, 5.41) is 5.04. The lowest BCUT2D eigenvalue weighted by molar-refractivity contribution is 0.707. The fraction of sp³-hybridized carbons (Fsp3) is 0.0169. The van der Waals surface area contributed by atoms with Gasteiger partial charge in [0.05, 0.1) is 22.1 Å². The Kier molecular flexibility index (Phi) is 7.79. The van der Waals surface area contributed by atoms with Gasteiger partial charge >= 0.3 is 0 Å². The smallest absolute Gasteiger partial charge is 0.0736 e. The molecule has 290 valence electrons. The maximum Gasteiger partial charge on any atom is 0.0736 e. The molecule has 0 fully saturated rings. The molecule has 2 heterocycles. The molecule has 0 saturated heterocycles. The molecule has 1 spiro atoms. The predicted octanol–water partition coefficient (Wildman–Crippen LogP) is 15.9. The highest BCUT2D eigenvalue weighted by Gasteiger charge is 2.48. The van der Waals surface area contributed by atoms with E-state index >= 15 is 0 Å². The van der Waals surface area contributed by atoms with Crippen LogP contribution in [0.4, 0.5) is 17.1 Å². The topological polar surface area (TPSA) is 8.17 Å². The zero-order valence-electron chi connectivity index (χ0n) is 33.7. The van der Waals surface area contributed by atoms with Crippen molar-refractivity contribution >= 4 is 61.4 Å². The monoisotopic (exact) mass is 806 g/mol. The second-order valence-corrected chi connectivity index (χ2v) is 17.5. The molecule has 0 unspecified atom stereocenters. The van der Waals surface area contributed by atoms with Crippen molar-refractivity contribution in [2.75, 3.05) is 4.90 Å². The number of nitrogens with zero attached hydrogens (tertiary/aromatic N) is 2. The number of hydrogen-bond acceptors (Lipinski definition) is 2. The average molecular weight is 807 g/mol. The minimum absolute atomic E-state index is 0.538. The van der Waals surface area contributed by atoms with Crippen LogP contribution in [0.5, 0.6) is 0 Å². The van der Waals surface area contributed by atoms with Crippen LogP contribution in [-0.4, -0.2) is 4.57 Å². The fourth-order valence-electron chi connectivity index (χ4n) is 10.7. The second-order valence-electron chi connectivity index (χ2n) is 16.4. The van der Waals surface area contributed by atoms with Crippen molar-refractivity contribution in [2.24, 2.45) is 0 Å². The first-order valence-corrected chi connectivity index (χ1v) is 22.2. The average Bonchev–Trinajstić information content (AvgIpc) is 3.67. The Balaban J connectivity index is 1.08. The van der Waals surface area contributed by atoms with E-state index in [0.717, 1.165) is 17.1 Å². The quantitative estimate of drug-likeness (QED) is 0.171. The lowest BCUT2D eigenvalue weighted by atomic mass is 9.59. The highest BCUT2D eigenvalue weighted by atomic mass is 32.2. The molecule has 62 heavy (non-hydrogen) atoms. The molecule has 1 aliphatic heterocycles. The van der Waals surface area contributed by atoms with Crippen molar-refractivity contribution in [2.45, 2.75) is 15.2 Å². The van der Waals surface area contributed by atoms with Gasteiger partial charge in [-0.25, -0.2) is 0 Å². The molecule has 3 heteroatoms. The summed E-state index contributed by atoms with van der Waals surface area (Å²) < 4.78 is 2.44. The molecule has 1 aliphatic carbocycles. The minimum atomic E-state index is -0.538. The van der Waals surface area contributed by atoms with Crippen molar-refractivity contribution in [3.63, 3.8) is 0 Å². The zero-order chi connectivity index (χ0) is 40.8. The fourth-order valence-corrected chi connectivity index (χ4v) is 11.9. The first kappa shape index (κ1) is 35.2. The molecule has 11 aromatic rings. The molecule has 0 N–H and O–H groups in total. The van der Waals surface area contributed by atoms with Crippen molar-refractivity contribution in [1.29, 1.82) is 0 Å². The van der Waals surface area contributed by atoms with Gasteiger partial charge in [0, 0.05) is 43.2 Å². The van der Waals surface area contributed by atoms with Gasteiger partial charge < -0.3 is 9.47 Å². The first-order chi connectivity index (χ1) is 30.8. The van der Waals surface area contributed by atoms with Crippen LogP contribution in [0.1, 0.15) is 22.3 Å². The Labute approximate surface area is 365 Å². The zero-order valence-corrected chi connectivity index (χ0v) is 34.6. The van der Waals surface area contributed by atoms with Gasteiger partial charge in [-0.05, 0) is 116 Å². The summed E-state index contributed by atoms with van der Waals surface area (Å²) in [4.78, 5) is 5.05. The lowest BCUT2D eigenvalue weighted by Gasteiger charge is -2.46. The Morgan fingerprint density at radius 1 is 0.371 bits per heavy atom. The Bertz CT molecular complexity index is 3520. The summed E-state index contributed by atoms with van der Waals surface area (Å²) in [6.07, 6.45) is 0. The van der Waals surface area contributed by atoms with Gasteiger partial charge in [-0.2, -0.15) is 0 Å². The van der Waals surface area contributed by atoms with Gasteiger partial charge in [-0.1, -0.05) is 176 Å². The Morgan fingerprint density at radius 2 is 0.968 bits per heavy atom. The van der Waals surface area contributed by atoms with Crippen LogP contribution in [0.25, 0.3) is 60.5 Å². The molecular formula is C59H38N2S. The summed E-state index contributed by atoms with van der Waals surface area (Å²) >= 11 is 1.89. The van der Waals surface area contributed by atoms with Crippen molar-refractivity contribution in [1.82, 2.24) is 4.57 Å². The number of aromatic nitrogens is 1. The van der Waals surface area contributed by atoms with E-state index in [2.05, 4.69) is 240 Å². The predicted molar refractivity (Wildman–Crippen MR) is 260 cm³/mol. The first-order valence-electron chi connectivity index (χ1n) is 21.3. The van der Waals surface area contributed by atoms with E-state index in [1.54, 1.807) is 0 Å². The van der Waals surface area contributed by atoms with Gasteiger partial charge in [0.1, 0.15) is 0 Å². The number of anilines is 3. The minimum Gasteiger partial charge on any atom is -0.310 e. The number of benzene rings is 10. The third-order valence-electron chi connectivity index (χ3n) is 13.2. The molecule has 0 amide bonds. The van der Waals surface area contributed by atoms with Gasteiger partial charge in [0.2, 0.25) is 0 Å². The molecule has 0 atom stereocenters. The van der Waals surface area contributed by atoms with Gasteiger partial charge in [0.25, 0.3) is 0 Å². The van der Waals surface area contributed by atoms with Crippen molar-refractivity contribution < 1.29 is 0 Å². The number of rotatable bonds is 5. The highest BCUT2D eigenvalue weighted by molar-refractivity contribution is 7.99. The lowest BCUT2D eigenvalue weighted by Crippen LogP contribution is -2.36. The van der Waals surface area contributed by atoms with E-state index in [-0.39, 0.29) is 0 Å². The van der Waals surface area contributed by atoms with E-state index in [4.69, 9.17) is 0 Å². The Hall–Kier alpha value is -7.59. The molecule has 10 aromatic carbocycles. The molecule has 1 aromatic heterocycles. The van der Waals surface area contributed by atoms with Crippen molar-refractivity contribution in [3.05, 3.63) is 253 Å². The summed E-state index contributed by atoms with van der Waals surface area (Å²) in [7, 11) is 0. The second kappa shape index (κ2) is 13.7. The molecule has 0 radical (unpaired) electrons. The SMILES string of the molecule is c1ccc(-c2ccccc2-n2c3ccccc3c3cc(N(c4ccccc4)c4ccc5c(c4)C4(c6ccccc6Sc6ccccc64)c4cccc6cccc-5c46)ccc32)cc1. The van der Waals surface area contributed by atoms with Gasteiger partial charge in [0.15, 0.2) is 0 Å². The standard InChI is InChI=1S/C59H38N2S/c1-3-17-39(18-4-1)44-23-7-11-29-53(44)61-54-30-12-8-24-46(54)48-37-42(34-36-55(48)61)60(41-21-5-2-6-22-41)43-33-35-45-47-25-15-19-40-20-16-28-51(58(40)47)59(52(45)38-43)49-26-9-13-31-56(49)62-57-32-14-10-27-50(57)59/h1-38H. The summed E-state index contributed by atoms with van der Waals surface area (Å²) in [5.41, 5.74) is 16.6. The summed E-state index contributed by atoms with van der Waals surface area (Å²) in [5.74, 6) is 0. The summed E-state index contributed by atoms with van der Waals surface area (Å²) in [6, 6.07) is 85.4. The van der Waals surface area contributed by atoms with Crippen LogP contribution in [0, 0.1) is 0 Å². The van der Waals surface area contributed by atoms with Gasteiger partial charge in [-0.3, -0.25) is 0 Å². The number of fused-ring (bicyclic) bond motifs is 11. The van der Waals surface area contributed by atoms with E-state index in [1.165, 1.54) is 92.6 Å². The van der Waals surface area contributed by atoms with E-state index in [9.17, 15) is 0 Å². The Morgan fingerprint density at radius 3 is 1.77 bits per heavy atom. The highest BCUT2D eigenvalue weighted by Crippen LogP contribution is 2.62. The molecule has 0 bridgehead atoms. The molecule has 13 rings (SSSR count). The van der Waals surface area contributed by atoms with E-state index in [0.29, 0.717) is 0 Å². The van der Waals surface area contributed by atoms with Crippen LogP contribution in [-0.2, 0) is 5.41 Å². The summed E-state index contributed by atoms with van der Waals surface area (Å²) in [6.45, 7) is 0.